The van der Waals surface area contributed by atoms with Crippen molar-refractivity contribution in [1.82, 2.24) is 0 Å². The molecular weight excluding hydrogens is 282 g/mol. The van der Waals surface area contributed by atoms with Gasteiger partial charge in [0.05, 0.1) is 10.5 Å². The Labute approximate surface area is 128 Å². The molecule has 4 heteroatoms. The highest BCUT2D eigenvalue weighted by Gasteiger charge is 2.37. The van der Waals surface area contributed by atoms with Crippen LogP contribution in [-0.2, 0) is 22.7 Å². The van der Waals surface area contributed by atoms with E-state index in [1.807, 2.05) is 0 Å². The molecule has 0 bridgehead atoms. The molecule has 0 saturated heterocycles. The molecule has 0 aliphatic heterocycles. The van der Waals surface area contributed by atoms with Gasteiger partial charge in [0, 0.05) is 0 Å². The first-order chi connectivity index (χ1) is 9.69. The molecule has 0 amide bonds. The van der Waals surface area contributed by atoms with Crippen molar-refractivity contribution in [1.29, 1.82) is 0 Å². The van der Waals surface area contributed by atoms with Gasteiger partial charge in [-0.3, -0.25) is 0 Å². The number of benzene rings is 1. The zero-order valence-corrected chi connectivity index (χ0v) is 14.2. The third-order valence-electron chi connectivity index (χ3n) is 4.88. The lowest BCUT2D eigenvalue weighted by molar-refractivity contribution is 0.246. The van der Waals surface area contributed by atoms with Crippen molar-refractivity contribution >= 4 is 9.84 Å². The van der Waals surface area contributed by atoms with E-state index in [0.717, 1.165) is 19.3 Å². The summed E-state index contributed by atoms with van der Waals surface area (Å²) in [4.78, 5) is 0. The fourth-order valence-corrected chi connectivity index (χ4v) is 4.33. The molecule has 21 heavy (non-hydrogen) atoms. The van der Waals surface area contributed by atoms with Crippen LogP contribution in [0, 0.1) is 5.41 Å². The lowest BCUT2D eigenvalue weighted by atomic mass is 9.70. The molecular formula is C17H27NO2S. The maximum atomic E-state index is 12.4. The Balaban J connectivity index is 2.15. The van der Waals surface area contributed by atoms with E-state index in [1.165, 1.54) is 11.1 Å². The van der Waals surface area contributed by atoms with E-state index < -0.39 is 14.6 Å². The standard InChI is InChI=1S/C17H27NO2S/c1-16(2,3)21(19,20)11-10-17(13-18)9-8-14-6-4-5-7-15(14)12-17/h4-7H,8-13,18H2,1-3H3. The number of rotatable bonds is 4. The van der Waals surface area contributed by atoms with Gasteiger partial charge in [-0.05, 0) is 69.5 Å². The first kappa shape index (κ1) is 16.5. The van der Waals surface area contributed by atoms with Crippen molar-refractivity contribution in [2.45, 2.75) is 51.2 Å². The van der Waals surface area contributed by atoms with Gasteiger partial charge in [-0.1, -0.05) is 24.3 Å². The highest BCUT2D eigenvalue weighted by molar-refractivity contribution is 7.92. The van der Waals surface area contributed by atoms with Gasteiger partial charge >= 0.3 is 0 Å². The number of aryl methyl sites for hydroxylation is 1. The molecule has 0 heterocycles. The summed E-state index contributed by atoms with van der Waals surface area (Å²) in [5.41, 5.74) is 8.70. The number of hydrogen-bond acceptors (Lipinski definition) is 3. The average molecular weight is 309 g/mol. The van der Waals surface area contributed by atoms with E-state index >= 15 is 0 Å². The molecule has 0 spiro atoms. The van der Waals surface area contributed by atoms with Gasteiger partial charge in [-0.15, -0.1) is 0 Å². The SMILES string of the molecule is CC(C)(C)S(=O)(=O)CCC1(CN)CCc2ccccc2C1. The number of sulfone groups is 1. The average Bonchev–Trinajstić information content (AvgIpc) is 2.44. The summed E-state index contributed by atoms with van der Waals surface area (Å²) in [5.74, 6) is 0.232. The Morgan fingerprint density at radius 2 is 1.81 bits per heavy atom. The molecule has 0 fully saturated rings. The first-order valence-corrected chi connectivity index (χ1v) is 9.34. The molecule has 1 aromatic carbocycles. The minimum absolute atomic E-state index is 0.0628. The summed E-state index contributed by atoms with van der Waals surface area (Å²) in [5, 5.41) is 0. The Kier molecular flexibility index (Phi) is 4.50. The molecule has 0 saturated carbocycles. The molecule has 118 valence electrons. The van der Waals surface area contributed by atoms with Crippen LogP contribution in [0.4, 0.5) is 0 Å². The Hall–Kier alpha value is -0.870. The van der Waals surface area contributed by atoms with E-state index in [0.29, 0.717) is 13.0 Å². The molecule has 1 atom stereocenters. The summed E-state index contributed by atoms with van der Waals surface area (Å²) < 4.78 is 24.0. The molecule has 1 unspecified atom stereocenters. The van der Waals surface area contributed by atoms with Crippen LogP contribution in [0.25, 0.3) is 0 Å². The van der Waals surface area contributed by atoms with Crippen LogP contribution in [-0.4, -0.2) is 25.5 Å². The highest BCUT2D eigenvalue weighted by Crippen LogP contribution is 2.38. The van der Waals surface area contributed by atoms with Crippen molar-refractivity contribution < 1.29 is 8.42 Å². The summed E-state index contributed by atoms with van der Waals surface area (Å²) in [6, 6.07) is 8.44. The monoisotopic (exact) mass is 309 g/mol. The minimum Gasteiger partial charge on any atom is -0.330 e. The van der Waals surface area contributed by atoms with Crippen molar-refractivity contribution in [2.75, 3.05) is 12.3 Å². The van der Waals surface area contributed by atoms with E-state index in [-0.39, 0.29) is 11.2 Å². The lowest BCUT2D eigenvalue weighted by Gasteiger charge is -2.38. The molecule has 0 radical (unpaired) electrons. The van der Waals surface area contributed by atoms with Crippen molar-refractivity contribution in [2.24, 2.45) is 11.1 Å². The van der Waals surface area contributed by atoms with Crippen molar-refractivity contribution in [3.63, 3.8) is 0 Å². The van der Waals surface area contributed by atoms with Gasteiger partial charge in [0.15, 0.2) is 9.84 Å². The van der Waals surface area contributed by atoms with Crippen molar-refractivity contribution in [3.8, 4) is 0 Å². The largest absolute Gasteiger partial charge is 0.330 e. The Morgan fingerprint density at radius 3 is 2.38 bits per heavy atom. The maximum Gasteiger partial charge on any atom is 0.155 e. The third kappa shape index (κ3) is 3.49. The number of fused-ring (bicyclic) bond motifs is 1. The van der Waals surface area contributed by atoms with Crippen LogP contribution in [0.5, 0.6) is 0 Å². The number of nitrogens with two attached hydrogens (primary N) is 1. The minimum atomic E-state index is -3.08. The second-order valence-corrected chi connectivity index (χ2v) is 10.2. The third-order valence-corrected chi connectivity index (χ3v) is 7.48. The summed E-state index contributed by atoms with van der Waals surface area (Å²) in [6.07, 6.45) is 3.56. The molecule has 0 aromatic heterocycles. The summed E-state index contributed by atoms with van der Waals surface area (Å²) >= 11 is 0. The topological polar surface area (TPSA) is 60.2 Å². The number of hydrogen-bond donors (Lipinski definition) is 1. The fourth-order valence-electron chi connectivity index (χ4n) is 3.01. The fraction of sp³-hybridized carbons (Fsp3) is 0.647. The maximum absolute atomic E-state index is 12.4. The van der Waals surface area contributed by atoms with Crippen LogP contribution in [0.1, 0.15) is 44.7 Å². The molecule has 3 nitrogen and oxygen atoms in total. The molecule has 1 aromatic rings. The second kappa shape index (κ2) is 5.73. The molecule has 1 aliphatic carbocycles. The van der Waals surface area contributed by atoms with Gasteiger partial charge in [-0.2, -0.15) is 0 Å². The quantitative estimate of drug-likeness (QED) is 0.930. The van der Waals surface area contributed by atoms with Gasteiger partial charge in [-0.25, -0.2) is 8.42 Å². The van der Waals surface area contributed by atoms with Crippen LogP contribution in [0.2, 0.25) is 0 Å². The van der Waals surface area contributed by atoms with Crippen molar-refractivity contribution in [3.05, 3.63) is 35.4 Å². The smallest absolute Gasteiger partial charge is 0.155 e. The van der Waals surface area contributed by atoms with E-state index in [1.54, 1.807) is 20.8 Å². The van der Waals surface area contributed by atoms with E-state index in [2.05, 4.69) is 24.3 Å². The predicted octanol–water partition coefficient (Wildman–Crippen LogP) is 2.72. The molecule has 2 N–H and O–H groups in total. The van der Waals surface area contributed by atoms with Gasteiger partial charge in [0.1, 0.15) is 0 Å². The zero-order chi connectivity index (χ0) is 15.7. The predicted molar refractivity (Wildman–Crippen MR) is 88.1 cm³/mol. The summed E-state index contributed by atoms with van der Waals surface area (Å²) in [6.45, 7) is 5.87. The highest BCUT2D eigenvalue weighted by atomic mass is 32.2. The summed E-state index contributed by atoms with van der Waals surface area (Å²) in [7, 11) is -3.08. The van der Waals surface area contributed by atoms with Gasteiger partial charge in [0.25, 0.3) is 0 Å². The van der Waals surface area contributed by atoms with Crippen LogP contribution in [0.3, 0.4) is 0 Å². The second-order valence-electron chi connectivity index (χ2n) is 7.33. The van der Waals surface area contributed by atoms with Gasteiger partial charge < -0.3 is 5.73 Å². The molecule has 2 rings (SSSR count). The van der Waals surface area contributed by atoms with E-state index in [4.69, 9.17) is 5.73 Å². The van der Waals surface area contributed by atoms with Crippen LogP contribution >= 0.6 is 0 Å². The van der Waals surface area contributed by atoms with Crippen LogP contribution in [0.15, 0.2) is 24.3 Å². The van der Waals surface area contributed by atoms with E-state index in [9.17, 15) is 8.42 Å². The first-order valence-electron chi connectivity index (χ1n) is 7.68. The Bertz CT molecular complexity index is 601. The Morgan fingerprint density at radius 1 is 1.19 bits per heavy atom. The lowest BCUT2D eigenvalue weighted by Crippen LogP contribution is -2.40. The van der Waals surface area contributed by atoms with Crippen LogP contribution < -0.4 is 5.73 Å². The zero-order valence-electron chi connectivity index (χ0n) is 13.4. The molecule has 1 aliphatic rings. The normalized spacial score (nSPS) is 22.9. The van der Waals surface area contributed by atoms with Gasteiger partial charge in [0.2, 0.25) is 0 Å².